The third kappa shape index (κ3) is 7.54. The van der Waals surface area contributed by atoms with Crippen LogP contribution in [0.25, 0.3) is 0 Å². The maximum absolute atomic E-state index is 12.3. The molecule has 0 amide bonds. The fourth-order valence-corrected chi connectivity index (χ4v) is 3.21. The van der Waals surface area contributed by atoms with Crippen LogP contribution in [-0.4, -0.2) is 64.6 Å². The van der Waals surface area contributed by atoms with Crippen LogP contribution in [0.4, 0.5) is 13.2 Å². The lowest BCUT2D eigenvalue weighted by molar-refractivity contribution is -0.192. The van der Waals surface area contributed by atoms with Crippen LogP contribution >= 0.6 is 24.2 Å². The molecule has 0 bridgehead atoms. The van der Waals surface area contributed by atoms with Crippen LogP contribution in [0.3, 0.4) is 0 Å². The normalized spacial score (nSPS) is 19.4. The van der Waals surface area contributed by atoms with E-state index in [1.807, 2.05) is 4.90 Å². The van der Waals surface area contributed by atoms with E-state index >= 15 is 0 Å². The smallest absolute Gasteiger partial charge is 0.478 e. The number of hydrogen-bond donors (Lipinski definition) is 3. The van der Waals surface area contributed by atoms with Crippen molar-refractivity contribution < 1.29 is 42.5 Å². The number of ether oxygens (including phenoxy) is 1. The van der Waals surface area contributed by atoms with E-state index in [9.17, 15) is 22.8 Å². The van der Waals surface area contributed by atoms with E-state index < -0.39 is 30.1 Å². The second-order valence-electron chi connectivity index (χ2n) is 6.08. The van der Waals surface area contributed by atoms with Gasteiger partial charge in [-0.1, -0.05) is 29.8 Å². The SMILES string of the molecule is COC(=O)C(c1ccccc1Cl)N1CCC(S)/C(=C/C(=O)O)C1.O=C(O)C(F)(F)F. The van der Waals surface area contributed by atoms with Crippen molar-refractivity contribution in [2.24, 2.45) is 0 Å². The highest BCUT2D eigenvalue weighted by Crippen LogP contribution is 2.33. The molecule has 1 aliphatic heterocycles. The molecular weight excluding hydrogens is 451 g/mol. The molecule has 1 aromatic rings. The summed E-state index contributed by atoms with van der Waals surface area (Å²) in [6.45, 7) is 0.918. The van der Waals surface area contributed by atoms with Gasteiger partial charge in [0.2, 0.25) is 0 Å². The first-order valence-electron chi connectivity index (χ1n) is 8.36. The van der Waals surface area contributed by atoms with Gasteiger partial charge in [-0.15, -0.1) is 0 Å². The number of carbonyl (C=O) groups excluding carboxylic acids is 1. The van der Waals surface area contributed by atoms with E-state index in [0.717, 1.165) is 6.08 Å². The molecule has 1 saturated heterocycles. The number of methoxy groups -OCH3 is 1. The zero-order valence-corrected chi connectivity index (χ0v) is 17.2. The number of piperidine rings is 1. The molecule has 2 N–H and O–H groups in total. The quantitative estimate of drug-likeness (QED) is 0.353. The first kappa shape index (κ1) is 25.8. The van der Waals surface area contributed by atoms with Crippen LogP contribution in [0.1, 0.15) is 18.0 Å². The number of likely N-dealkylation sites (tertiary alicyclic amines) is 1. The number of hydrogen-bond acceptors (Lipinski definition) is 6. The first-order chi connectivity index (χ1) is 13.9. The largest absolute Gasteiger partial charge is 0.490 e. The van der Waals surface area contributed by atoms with E-state index in [-0.39, 0.29) is 5.25 Å². The summed E-state index contributed by atoms with van der Waals surface area (Å²) < 4.78 is 36.7. The third-order valence-corrected chi connectivity index (χ3v) is 4.98. The molecule has 166 valence electrons. The van der Waals surface area contributed by atoms with Gasteiger partial charge in [-0.05, 0) is 23.6 Å². The summed E-state index contributed by atoms with van der Waals surface area (Å²) in [6, 6.07) is 6.40. The molecule has 0 aromatic heterocycles. The highest BCUT2D eigenvalue weighted by Gasteiger charge is 2.38. The molecule has 1 fully saturated rings. The van der Waals surface area contributed by atoms with Gasteiger partial charge in [-0.3, -0.25) is 4.90 Å². The highest BCUT2D eigenvalue weighted by atomic mass is 35.5. The summed E-state index contributed by atoms with van der Waals surface area (Å²) in [6.07, 6.45) is -3.29. The van der Waals surface area contributed by atoms with Crippen molar-refractivity contribution in [1.29, 1.82) is 0 Å². The predicted molar refractivity (Wildman–Crippen MR) is 105 cm³/mol. The Hall–Kier alpha value is -2.24. The summed E-state index contributed by atoms with van der Waals surface area (Å²) in [5.41, 5.74) is 1.31. The summed E-state index contributed by atoms with van der Waals surface area (Å²) in [4.78, 5) is 34.0. The minimum absolute atomic E-state index is 0.133. The summed E-state index contributed by atoms with van der Waals surface area (Å²) in [7, 11) is 1.32. The number of aliphatic carboxylic acids is 2. The fraction of sp³-hybridized carbons (Fsp3) is 0.389. The Morgan fingerprint density at radius 1 is 1.30 bits per heavy atom. The number of halogens is 4. The Kier molecular flexibility index (Phi) is 9.66. The Morgan fingerprint density at radius 3 is 2.33 bits per heavy atom. The van der Waals surface area contributed by atoms with E-state index in [0.29, 0.717) is 35.7 Å². The molecule has 30 heavy (non-hydrogen) atoms. The average Bonchev–Trinajstić information content (AvgIpc) is 2.65. The maximum Gasteiger partial charge on any atom is 0.490 e. The van der Waals surface area contributed by atoms with Crippen molar-refractivity contribution in [2.45, 2.75) is 23.9 Å². The molecule has 0 aliphatic carbocycles. The van der Waals surface area contributed by atoms with E-state index in [2.05, 4.69) is 12.6 Å². The predicted octanol–water partition coefficient (Wildman–Crippen LogP) is 3.20. The zero-order chi connectivity index (χ0) is 23.1. The minimum Gasteiger partial charge on any atom is -0.478 e. The van der Waals surface area contributed by atoms with Gasteiger partial charge in [0.1, 0.15) is 6.04 Å². The van der Waals surface area contributed by atoms with Gasteiger partial charge in [0.15, 0.2) is 0 Å². The van der Waals surface area contributed by atoms with Crippen LogP contribution in [0, 0.1) is 0 Å². The molecule has 0 saturated carbocycles. The van der Waals surface area contributed by atoms with Gasteiger partial charge in [0.25, 0.3) is 0 Å². The second-order valence-corrected chi connectivity index (χ2v) is 7.11. The number of esters is 1. The van der Waals surface area contributed by atoms with Crippen molar-refractivity contribution in [3.8, 4) is 0 Å². The van der Waals surface area contributed by atoms with E-state index in [1.54, 1.807) is 24.3 Å². The number of rotatable bonds is 4. The highest BCUT2D eigenvalue weighted by molar-refractivity contribution is 7.81. The Bertz CT molecular complexity index is 817. The van der Waals surface area contributed by atoms with Crippen LogP contribution in [0.5, 0.6) is 0 Å². The molecule has 0 radical (unpaired) electrons. The molecule has 2 unspecified atom stereocenters. The Labute approximate surface area is 180 Å². The molecule has 1 heterocycles. The van der Waals surface area contributed by atoms with Crippen LogP contribution in [0.15, 0.2) is 35.9 Å². The summed E-state index contributed by atoms with van der Waals surface area (Å²) in [5.74, 6) is -4.20. The lowest BCUT2D eigenvalue weighted by Crippen LogP contribution is -2.42. The lowest BCUT2D eigenvalue weighted by Gasteiger charge is -2.36. The molecule has 1 aliphatic rings. The monoisotopic (exact) mass is 469 g/mol. The number of benzene rings is 1. The van der Waals surface area contributed by atoms with Gasteiger partial charge >= 0.3 is 24.1 Å². The molecule has 7 nitrogen and oxygen atoms in total. The van der Waals surface area contributed by atoms with Crippen LogP contribution in [-0.2, 0) is 19.1 Å². The number of carbonyl (C=O) groups is 3. The molecule has 2 atom stereocenters. The molecule has 0 spiro atoms. The molecule has 2 rings (SSSR count). The van der Waals surface area contributed by atoms with E-state index in [4.69, 9.17) is 31.3 Å². The van der Waals surface area contributed by atoms with Crippen molar-refractivity contribution >= 4 is 42.1 Å². The van der Waals surface area contributed by atoms with Crippen molar-refractivity contribution in [3.63, 3.8) is 0 Å². The van der Waals surface area contributed by atoms with Gasteiger partial charge in [-0.25, -0.2) is 14.4 Å². The van der Waals surface area contributed by atoms with Gasteiger partial charge in [0.05, 0.1) is 7.11 Å². The second kappa shape index (κ2) is 11.2. The zero-order valence-electron chi connectivity index (χ0n) is 15.6. The Balaban J connectivity index is 0.000000553. The molecule has 1 aromatic carbocycles. The van der Waals surface area contributed by atoms with Crippen LogP contribution < -0.4 is 0 Å². The average molecular weight is 470 g/mol. The first-order valence-corrected chi connectivity index (χ1v) is 9.25. The van der Waals surface area contributed by atoms with Crippen LogP contribution in [0.2, 0.25) is 5.02 Å². The van der Waals surface area contributed by atoms with Crippen molar-refractivity contribution in [3.05, 3.63) is 46.5 Å². The lowest BCUT2D eigenvalue weighted by atomic mass is 9.98. The van der Waals surface area contributed by atoms with Gasteiger partial charge in [0, 0.05) is 29.4 Å². The maximum atomic E-state index is 12.3. The number of nitrogens with zero attached hydrogens (tertiary/aromatic N) is 1. The van der Waals surface area contributed by atoms with Crippen molar-refractivity contribution in [1.82, 2.24) is 4.90 Å². The third-order valence-electron chi connectivity index (χ3n) is 4.04. The fourth-order valence-electron chi connectivity index (χ4n) is 2.69. The number of thiol groups is 1. The summed E-state index contributed by atoms with van der Waals surface area (Å²) >= 11 is 10.7. The van der Waals surface area contributed by atoms with Gasteiger partial charge < -0.3 is 14.9 Å². The molecular formula is C18H19ClF3NO6S. The minimum atomic E-state index is -5.08. The van der Waals surface area contributed by atoms with Crippen molar-refractivity contribution in [2.75, 3.05) is 20.2 Å². The topological polar surface area (TPSA) is 104 Å². The number of carboxylic acids is 2. The van der Waals surface area contributed by atoms with E-state index in [1.165, 1.54) is 7.11 Å². The molecule has 12 heteroatoms. The Morgan fingerprint density at radius 2 is 1.87 bits per heavy atom. The van der Waals surface area contributed by atoms with Gasteiger partial charge in [-0.2, -0.15) is 25.8 Å². The number of alkyl halides is 3. The standard InChI is InChI=1S/C16H18ClNO4S.C2HF3O2/c1-22-16(21)15(11-4-2-3-5-12(11)17)18-7-6-13(23)10(9-18)8-14(19)20;3-2(4,5)1(6)7/h2-5,8,13,15,23H,6-7,9H2,1H3,(H,19,20);(H,6,7)/b10-8+;. The number of carboxylic acid groups (broad SMARTS) is 2. The summed E-state index contributed by atoms with van der Waals surface area (Å²) in [5, 5.41) is 16.4.